The summed E-state index contributed by atoms with van der Waals surface area (Å²) in [6.07, 6.45) is 1.01. The third kappa shape index (κ3) is 1.93. The van der Waals surface area contributed by atoms with Crippen molar-refractivity contribution in [3.8, 4) is 0 Å². The highest BCUT2D eigenvalue weighted by Crippen LogP contribution is 2.35. The second kappa shape index (κ2) is 4.44. The molecule has 0 amide bonds. The van der Waals surface area contributed by atoms with E-state index in [1.54, 1.807) is 0 Å². The van der Waals surface area contributed by atoms with Gasteiger partial charge < -0.3 is 15.4 Å². The van der Waals surface area contributed by atoms with Crippen LogP contribution in [-0.4, -0.2) is 33.9 Å². The van der Waals surface area contributed by atoms with Crippen LogP contribution >= 0.6 is 0 Å². The Kier molecular flexibility index (Phi) is 3.17. The summed E-state index contributed by atoms with van der Waals surface area (Å²) in [5, 5.41) is 0. The maximum absolute atomic E-state index is 5.68. The number of hydrogen-bond donors (Lipinski definition) is 1. The van der Waals surface area contributed by atoms with Gasteiger partial charge in [0.1, 0.15) is 0 Å². The van der Waals surface area contributed by atoms with Crippen molar-refractivity contribution in [3.05, 3.63) is 29.8 Å². The fourth-order valence-electron chi connectivity index (χ4n) is 2.19. The third-order valence-corrected chi connectivity index (χ3v) is 3.38. The van der Waals surface area contributed by atoms with Crippen LogP contribution in [0.3, 0.4) is 0 Å². The summed E-state index contributed by atoms with van der Waals surface area (Å²) in [5.74, 6) is 0. The summed E-state index contributed by atoms with van der Waals surface area (Å²) in [6, 6.07) is 8.72. The van der Waals surface area contributed by atoms with Gasteiger partial charge in [0.2, 0.25) is 0 Å². The van der Waals surface area contributed by atoms with E-state index in [0.717, 1.165) is 26.2 Å². The van der Waals surface area contributed by atoms with Gasteiger partial charge in [-0.1, -0.05) is 12.1 Å². The SMILES string of the molecule is CN(C)c1ccc(C2(CCN)COC2)cc1. The number of hydrogen-bond acceptors (Lipinski definition) is 3. The standard InChI is InChI=1S/C13H20N2O/c1-15(2)12-5-3-11(4-6-12)13(7-8-14)9-16-10-13/h3-6H,7-10,14H2,1-2H3. The molecule has 1 aromatic carbocycles. The molecule has 0 aromatic heterocycles. The van der Waals surface area contributed by atoms with Crippen molar-refractivity contribution in [1.82, 2.24) is 0 Å². The molecule has 1 aliphatic heterocycles. The first-order valence-electron chi connectivity index (χ1n) is 5.74. The molecule has 0 radical (unpaired) electrons. The molecule has 2 rings (SSSR count). The molecule has 1 aliphatic rings. The van der Waals surface area contributed by atoms with E-state index >= 15 is 0 Å². The molecule has 0 atom stereocenters. The second-order valence-electron chi connectivity index (χ2n) is 4.75. The molecule has 1 fully saturated rings. The normalized spacial score (nSPS) is 17.9. The van der Waals surface area contributed by atoms with Crippen molar-refractivity contribution < 1.29 is 4.74 Å². The average molecular weight is 220 g/mol. The van der Waals surface area contributed by atoms with Crippen molar-refractivity contribution in [2.75, 3.05) is 38.8 Å². The number of benzene rings is 1. The van der Waals surface area contributed by atoms with Crippen LogP contribution in [0.2, 0.25) is 0 Å². The number of nitrogens with zero attached hydrogens (tertiary/aromatic N) is 1. The summed E-state index contributed by atoms with van der Waals surface area (Å²) in [5.41, 5.74) is 8.44. The highest BCUT2D eigenvalue weighted by atomic mass is 16.5. The van der Waals surface area contributed by atoms with E-state index in [1.807, 2.05) is 0 Å². The van der Waals surface area contributed by atoms with Crippen molar-refractivity contribution in [2.24, 2.45) is 5.73 Å². The van der Waals surface area contributed by atoms with Crippen LogP contribution in [-0.2, 0) is 10.2 Å². The zero-order valence-electron chi connectivity index (χ0n) is 10.1. The van der Waals surface area contributed by atoms with E-state index in [2.05, 4.69) is 43.3 Å². The Morgan fingerprint density at radius 2 is 1.88 bits per heavy atom. The predicted octanol–water partition coefficient (Wildman–Crippen LogP) is 1.37. The van der Waals surface area contributed by atoms with Crippen LogP contribution < -0.4 is 10.6 Å². The van der Waals surface area contributed by atoms with Crippen molar-refractivity contribution in [3.63, 3.8) is 0 Å². The molecule has 1 saturated heterocycles. The zero-order valence-corrected chi connectivity index (χ0v) is 10.1. The highest BCUT2D eigenvalue weighted by Gasteiger charge is 2.39. The summed E-state index contributed by atoms with van der Waals surface area (Å²) in [7, 11) is 4.11. The first kappa shape index (κ1) is 11.4. The van der Waals surface area contributed by atoms with Gasteiger partial charge in [0.25, 0.3) is 0 Å². The molecule has 0 bridgehead atoms. The minimum atomic E-state index is 0.180. The second-order valence-corrected chi connectivity index (χ2v) is 4.75. The van der Waals surface area contributed by atoms with Gasteiger partial charge in [-0.2, -0.15) is 0 Å². The summed E-state index contributed by atoms with van der Waals surface area (Å²) in [6.45, 7) is 2.34. The lowest BCUT2D eigenvalue weighted by molar-refractivity contribution is -0.0631. The van der Waals surface area contributed by atoms with E-state index in [1.165, 1.54) is 11.3 Å². The van der Waals surface area contributed by atoms with Gasteiger partial charge in [-0.25, -0.2) is 0 Å². The van der Waals surface area contributed by atoms with E-state index in [4.69, 9.17) is 10.5 Å². The molecule has 88 valence electrons. The molecule has 3 heteroatoms. The molecule has 3 nitrogen and oxygen atoms in total. The number of nitrogens with two attached hydrogens (primary N) is 1. The Labute approximate surface area is 97.2 Å². The van der Waals surface area contributed by atoms with Gasteiger partial charge in [0.05, 0.1) is 13.2 Å². The van der Waals surface area contributed by atoms with E-state index in [-0.39, 0.29) is 5.41 Å². The fraction of sp³-hybridized carbons (Fsp3) is 0.538. The van der Waals surface area contributed by atoms with Gasteiger partial charge in [0, 0.05) is 25.2 Å². The Balaban J connectivity index is 2.20. The molecule has 1 heterocycles. The molecule has 0 spiro atoms. The van der Waals surface area contributed by atoms with Gasteiger partial charge in [-0.05, 0) is 30.7 Å². The van der Waals surface area contributed by atoms with Crippen LogP contribution in [0.5, 0.6) is 0 Å². The first-order chi connectivity index (χ1) is 7.68. The monoisotopic (exact) mass is 220 g/mol. The average Bonchev–Trinajstić information content (AvgIpc) is 2.23. The number of rotatable bonds is 4. The number of ether oxygens (including phenoxy) is 1. The van der Waals surface area contributed by atoms with E-state index in [0.29, 0.717) is 0 Å². The Morgan fingerprint density at radius 3 is 2.25 bits per heavy atom. The van der Waals surface area contributed by atoms with Crippen LogP contribution in [0, 0.1) is 0 Å². The smallest absolute Gasteiger partial charge is 0.0586 e. The third-order valence-electron chi connectivity index (χ3n) is 3.38. The van der Waals surface area contributed by atoms with Crippen molar-refractivity contribution in [2.45, 2.75) is 11.8 Å². The maximum Gasteiger partial charge on any atom is 0.0586 e. The largest absolute Gasteiger partial charge is 0.379 e. The van der Waals surface area contributed by atoms with Crippen LogP contribution in [0.4, 0.5) is 5.69 Å². The number of anilines is 1. The van der Waals surface area contributed by atoms with E-state index < -0.39 is 0 Å². The Morgan fingerprint density at radius 1 is 1.25 bits per heavy atom. The molecule has 0 aliphatic carbocycles. The minimum Gasteiger partial charge on any atom is -0.379 e. The molecule has 2 N–H and O–H groups in total. The fourth-order valence-corrected chi connectivity index (χ4v) is 2.19. The first-order valence-corrected chi connectivity index (χ1v) is 5.74. The lowest BCUT2D eigenvalue weighted by atomic mass is 9.76. The van der Waals surface area contributed by atoms with Crippen molar-refractivity contribution >= 4 is 5.69 Å². The summed E-state index contributed by atoms with van der Waals surface area (Å²) >= 11 is 0. The van der Waals surface area contributed by atoms with Gasteiger partial charge in [-0.3, -0.25) is 0 Å². The molecule has 0 saturated carbocycles. The molecule has 1 aromatic rings. The summed E-state index contributed by atoms with van der Waals surface area (Å²) in [4.78, 5) is 2.11. The maximum atomic E-state index is 5.68. The quantitative estimate of drug-likeness (QED) is 0.833. The van der Waals surface area contributed by atoms with Gasteiger partial charge in [0.15, 0.2) is 0 Å². The van der Waals surface area contributed by atoms with E-state index in [9.17, 15) is 0 Å². The van der Waals surface area contributed by atoms with Crippen molar-refractivity contribution in [1.29, 1.82) is 0 Å². The molecule has 0 unspecified atom stereocenters. The van der Waals surface area contributed by atoms with Crippen LogP contribution in [0.15, 0.2) is 24.3 Å². The minimum absolute atomic E-state index is 0.180. The topological polar surface area (TPSA) is 38.5 Å². The molecular formula is C13H20N2O. The molecular weight excluding hydrogens is 200 g/mol. The lowest BCUT2D eigenvalue weighted by Crippen LogP contribution is -2.48. The highest BCUT2D eigenvalue weighted by molar-refractivity contribution is 5.47. The van der Waals surface area contributed by atoms with Gasteiger partial charge in [-0.15, -0.1) is 0 Å². The Hall–Kier alpha value is -1.06. The summed E-state index contributed by atoms with van der Waals surface area (Å²) < 4.78 is 5.36. The van der Waals surface area contributed by atoms with Gasteiger partial charge >= 0.3 is 0 Å². The predicted molar refractivity (Wildman–Crippen MR) is 66.9 cm³/mol. The molecule has 16 heavy (non-hydrogen) atoms. The van der Waals surface area contributed by atoms with Crippen LogP contribution in [0.25, 0.3) is 0 Å². The van der Waals surface area contributed by atoms with Crippen LogP contribution in [0.1, 0.15) is 12.0 Å². The zero-order chi connectivity index (χ0) is 11.6. The Bertz CT molecular complexity index is 341. The lowest BCUT2D eigenvalue weighted by Gasteiger charge is -2.42.